The average Bonchev–Trinajstić information content (AvgIpc) is 1.91. The Hall–Kier alpha value is -0.0200. The maximum Gasteiger partial charge on any atom is 0.110 e. The van der Waals surface area contributed by atoms with Gasteiger partial charge in [0.1, 0.15) is 3.38 Å². The van der Waals surface area contributed by atoms with Crippen molar-refractivity contribution in [3.05, 3.63) is 34.9 Å². The molecular weight excluding hydrogens is 270 g/mol. The van der Waals surface area contributed by atoms with Crippen LogP contribution in [0.2, 0.25) is 0 Å². The molecule has 0 saturated heterocycles. The third-order valence-electron chi connectivity index (χ3n) is 1.81. The fourth-order valence-corrected chi connectivity index (χ4v) is 1.63. The van der Waals surface area contributed by atoms with Crippen molar-refractivity contribution in [3.8, 4) is 0 Å². The van der Waals surface area contributed by atoms with E-state index in [2.05, 4.69) is 52.9 Å². The van der Waals surface area contributed by atoms with E-state index >= 15 is 0 Å². The summed E-state index contributed by atoms with van der Waals surface area (Å²) in [5.74, 6) is 0. The third kappa shape index (κ3) is 1.32. The van der Waals surface area contributed by atoms with E-state index in [1.807, 2.05) is 0 Å². The van der Waals surface area contributed by atoms with Gasteiger partial charge in [-0.15, -0.1) is 11.6 Å². The highest BCUT2D eigenvalue weighted by atomic mass is 127. The molecule has 0 nitrogen and oxygen atoms in total. The molecule has 56 valence electrons. The zero-order chi connectivity index (χ0) is 7.84. The van der Waals surface area contributed by atoms with Crippen molar-refractivity contribution in [2.75, 3.05) is 0 Å². The van der Waals surface area contributed by atoms with Crippen LogP contribution in [-0.4, -0.2) is 0 Å². The first-order chi connectivity index (χ1) is 5.27. The first-order valence-corrected chi connectivity index (χ1v) is 5.06. The Labute approximate surface area is 84.4 Å². The van der Waals surface area contributed by atoms with Crippen molar-refractivity contribution in [1.29, 1.82) is 0 Å². The molecule has 1 aliphatic carbocycles. The van der Waals surface area contributed by atoms with E-state index in [0.29, 0.717) is 0 Å². The maximum atomic E-state index is 5.91. The van der Waals surface area contributed by atoms with Gasteiger partial charge in [0.15, 0.2) is 0 Å². The molecule has 0 N–H and O–H groups in total. The minimum absolute atomic E-state index is 0.0897. The van der Waals surface area contributed by atoms with Gasteiger partial charge in [-0.05, 0) is 22.8 Å². The van der Waals surface area contributed by atoms with Crippen LogP contribution in [0, 0.1) is 0 Å². The fourth-order valence-electron chi connectivity index (χ4n) is 1.11. The molecule has 0 aromatic heterocycles. The Morgan fingerprint density at radius 3 is 2.36 bits per heavy atom. The molecule has 0 bridgehead atoms. The molecular formula is C9H6ClI. The molecule has 0 heterocycles. The van der Waals surface area contributed by atoms with Gasteiger partial charge in [0.05, 0.1) is 0 Å². The summed E-state index contributed by atoms with van der Waals surface area (Å²) in [5, 5.41) is 0. The lowest BCUT2D eigenvalue weighted by Crippen LogP contribution is -1.91. The Morgan fingerprint density at radius 1 is 1.18 bits per heavy atom. The first kappa shape index (κ1) is 7.62. The number of fused-ring (bicyclic) bond motifs is 1. The van der Waals surface area contributed by atoms with Crippen LogP contribution in [-0.2, 0) is 0 Å². The van der Waals surface area contributed by atoms with Crippen LogP contribution in [0.25, 0.3) is 12.2 Å². The predicted octanol–water partition coefficient (Wildman–Crippen LogP) is 3.84. The molecule has 1 atom stereocenters. The molecule has 0 spiro atoms. The highest BCUT2D eigenvalue weighted by Gasteiger charge is 2.08. The third-order valence-corrected chi connectivity index (χ3v) is 2.78. The number of hydrogen-bond acceptors (Lipinski definition) is 0. The van der Waals surface area contributed by atoms with Crippen LogP contribution in [0.4, 0.5) is 0 Å². The van der Waals surface area contributed by atoms with Gasteiger partial charge in [0.25, 0.3) is 0 Å². The number of hydrogen-bond donors (Lipinski definition) is 0. The minimum atomic E-state index is 0.0897. The second-order valence-corrected chi connectivity index (χ2v) is 4.94. The molecule has 2 heteroatoms. The Morgan fingerprint density at radius 2 is 1.91 bits per heavy atom. The highest BCUT2D eigenvalue weighted by Crippen LogP contribution is 2.32. The van der Waals surface area contributed by atoms with Crippen molar-refractivity contribution in [2.45, 2.75) is 3.38 Å². The normalized spacial score (nSPS) is 15.5. The number of alkyl halides is 2. The summed E-state index contributed by atoms with van der Waals surface area (Å²) >= 11 is 8.12. The summed E-state index contributed by atoms with van der Waals surface area (Å²) in [6, 6.07) is 6.32. The summed E-state index contributed by atoms with van der Waals surface area (Å²) in [6.45, 7) is 0. The molecule has 0 amide bonds. The second kappa shape index (κ2) is 2.79. The van der Waals surface area contributed by atoms with Gasteiger partial charge in [0.2, 0.25) is 0 Å². The zero-order valence-electron chi connectivity index (χ0n) is 5.72. The standard InChI is InChI=1S/C9H6ClI/c10-9(11)8-4-2-6-1-3-7(6)5-8/h1-5,9H. The van der Waals surface area contributed by atoms with Crippen LogP contribution in [0.1, 0.15) is 20.1 Å². The van der Waals surface area contributed by atoms with Crippen molar-refractivity contribution in [2.24, 2.45) is 0 Å². The molecule has 0 fully saturated rings. The summed E-state index contributed by atoms with van der Waals surface area (Å²) in [5.41, 5.74) is 3.82. The van der Waals surface area contributed by atoms with E-state index in [4.69, 9.17) is 11.6 Å². The van der Waals surface area contributed by atoms with Crippen LogP contribution in [0.3, 0.4) is 0 Å². The van der Waals surface area contributed by atoms with Crippen molar-refractivity contribution >= 4 is 46.3 Å². The molecule has 0 aliphatic heterocycles. The average molecular weight is 277 g/mol. The molecule has 0 saturated carbocycles. The molecule has 1 aromatic carbocycles. The summed E-state index contributed by atoms with van der Waals surface area (Å²) in [6.07, 6.45) is 4.21. The smallest absolute Gasteiger partial charge is 0.106 e. The van der Waals surface area contributed by atoms with Crippen molar-refractivity contribution in [3.63, 3.8) is 0 Å². The van der Waals surface area contributed by atoms with Crippen molar-refractivity contribution < 1.29 is 0 Å². The fraction of sp³-hybridized carbons (Fsp3) is 0.111. The van der Waals surface area contributed by atoms with Gasteiger partial charge in [-0.1, -0.05) is 46.9 Å². The summed E-state index contributed by atoms with van der Waals surface area (Å²) in [4.78, 5) is 0. The van der Waals surface area contributed by atoms with E-state index in [1.165, 1.54) is 16.7 Å². The van der Waals surface area contributed by atoms with E-state index in [1.54, 1.807) is 0 Å². The lowest BCUT2D eigenvalue weighted by Gasteiger charge is -2.12. The van der Waals surface area contributed by atoms with Gasteiger partial charge in [-0.2, -0.15) is 0 Å². The topological polar surface area (TPSA) is 0 Å². The summed E-state index contributed by atoms with van der Waals surface area (Å²) < 4.78 is 0.0897. The van der Waals surface area contributed by atoms with Gasteiger partial charge < -0.3 is 0 Å². The van der Waals surface area contributed by atoms with E-state index in [-0.39, 0.29) is 3.38 Å². The van der Waals surface area contributed by atoms with Crippen molar-refractivity contribution in [1.82, 2.24) is 0 Å². The number of halogens is 2. The maximum absolute atomic E-state index is 5.91. The monoisotopic (exact) mass is 276 g/mol. The van der Waals surface area contributed by atoms with E-state index < -0.39 is 0 Å². The van der Waals surface area contributed by atoms with Crippen LogP contribution in [0.15, 0.2) is 18.2 Å². The largest absolute Gasteiger partial charge is 0.110 e. The van der Waals surface area contributed by atoms with Crippen LogP contribution < -0.4 is 0 Å². The Bertz CT molecular complexity index is 315. The predicted molar refractivity (Wildman–Crippen MR) is 58.0 cm³/mol. The zero-order valence-corrected chi connectivity index (χ0v) is 8.63. The van der Waals surface area contributed by atoms with Gasteiger partial charge in [-0.25, -0.2) is 0 Å². The number of rotatable bonds is 1. The minimum Gasteiger partial charge on any atom is -0.106 e. The molecule has 1 aromatic rings. The molecule has 1 unspecified atom stereocenters. The molecule has 1 aliphatic rings. The quantitative estimate of drug-likeness (QED) is 0.548. The van der Waals surface area contributed by atoms with Crippen LogP contribution >= 0.6 is 34.2 Å². The van der Waals surface area contributed by atoms with E-state index in [0.717, 1.165) is 0 Å². The van der Waals surface area contributed by atoms with Gasteiger partial charge >= 0.3 is 0 Å². The highest BCUT2D eigenvalue weighted by molar-refractivity contribution is 14.1. The second-order valence-electron chi connectivity index (χ2n) is 2.52. The first-order valence-electron chi connectivity index (χ1n) is 3.37. The molecule has 2 rings (SSSR count). The van der Waals surface area contributed by atoms with Gasteiger partial charge in [0, 0.05) is 0 Å². The summed E-state index contributed by atoms with van der Waals surface area (Å²) in [7, 11) is 0. The SMILES string of the molecule is ClC(I)c1ccc2c(c1)C=C2. The Kier molecular flexibility index (Phi) is 1.93. The van der Waals surface area contributed by atoms with Crippen LogP contribution in [0.5, 0.6) is 0 Å². The lowest BCUT2D eigenvalue weighted by atomic mass is 9.96. The Balaban J connectivity index is 2.42. The van der Waals surface area contributed by atoms with E-state index in [9.17, 15) is 0 Å². The van der Waals surface area contributed by atoms with Gasteiger partial charge in [-0.3, -0.25) is 0 Å². The molecule has 0 radical (unpaired) electrons. The number of benzene rings is 1. The molecule has 11 heavy (non-hydrogen) atoms. The lowest BCUT2D eigenvalue weighted by molar-refractivity contribution is 1.38.